The minimum atomic E-state index is -0.100. The highest BCUT2D eigenvalue weighted by Gasteiger charge is 2.35. The summed E-state index contributed by atoms with van der Waals surface area (Å²) in [5.74, 6) is 0.612. The first-order valence-electron chi connectivity index (χ1n) is 31.4. The molecule has 0 saturated heterocycles. The van der Waals surface area contributed by atoms with Crippen molar-refractivity contribution in [3.63, 3.8) is 0 Å². The van der Waals surface area contributed by atoms with Crippen LogP contribution in [0.3, 0.4) is 0 Å². The van der Waals surface area contributed by atoms with Gasteiger partial charge in [0, 0.05) is 76.7 Å². The predicted octanol–water partition coefficient (Wildman–Crippen LogP) is 21.8. The molecule has 0 unspecified atom stereocenters. The molecule has 13 aromatic carbocycles. The van der Waals surface area contributed by atoms with E-state index in [0.717, 1.165) is 77.9 Å². The topological polar surface area (TPSA) is 45.5 Å². The highest BCUT2D eigenvalue weighted by Crippen LogP contribution is 2.50. The van der Waals surface area contributed by atoms with Crippen molar-refractivity contribution in [3.05, 3.63) is 314 Å². The average Bonchev–Trinajstić information content (AvgIpc) is 1.61. The van der Waals surface area contributed by atoms with E-state index in [0.29, 0.717) is 5.95 Å². The SMILES string of the molecule is CC1(C)c2ccccc2-c2ccc(-n3c4ccccc4c4cc(-c5ccc6c(c5)c5ccccc5n6-c5nc(-c6ccccc6)cc(-c6cccc(-n7c8ccccc8c8cc(-c9ccc%10c(c9)c9ccccc9n%10-c9ccccc9)ccc87)c6)n5)ccc43)cc21. The van der Waals surface area contributed by atoms with Crippen LogP contribution in [-0.2, 0) is 5.41 Å². The van der Waals surface area contributed by atoms with Crippen LogP contribution in [0.15, 0.2) is 303 Å². The Labute approximate surface area is 525 Å². The smallest absolute Gasteiger partial charge is 0.235 e. The highest BCUT2D eigenvalue weighted by molar-refractivity contribution is 6.15. The number of nitrogens with zero attached hydrogens (tertiary/aromatic N) is 6. The molecule has 6 heteroatoms. The first-order chi connectivity index (χ1) is 44.9. The Morgan fingerprint density at radius 3 is 1.13 bits per heavy atom. The lowest BCUT2D eigenvalue weighted by molar-refractivity contribution is 0.660. The van der Waals surface area contributed by atoms with Gasteiger partial charge in [-0.1, -0.05) is 202 Å². The van der Waals surface area contributed by atoms with Gasteiger partial charge in [0.2, 0.25) is 5.95 Å². The first kappa shape index (κ1) is 51.2. The maximum absolute atomic E-state index is 5.57. The number of hydrogen-bond donors (Lipinski definition) is 0. The number of rotatable bonds is 8. The van der Waals surface area contributed by atoms with E-state index in [-0.39, 0.29) is 5.41 Å². The molecule has 0 radical (unpaired) electrons. The van der Waals surface area contributed by atoms with Crippen molar-refractivity contribution < 1.29 is 0 Å². The van der Waals surface area contributed by atoms with Gasteiger partial charge in [0.25, 0.3) is 0 Å². The Hall–Kier alpha value is -11.9. The molecule has 0 N–H and O–H groups in total. The van der Waals surface area contributed by atoms with Gasteiger partial charge in [-0.15, -0.1) is 0 Å². The van der Waals surface area contributed by atoms with Crippen LogP contribution in [0, 0.1) is 0 Å². The highest BCUT2D eigenvalue weighted by atomic mass is 15.2. The molecule has 0 bridgehead atoms. The zero-order valence-corrected chi connectivity index (χ0v) is 50.1. The third-order valence-corrected chi connectivity index (χ3v) is 19.6. The Kier molecular flexibility index (Phi) is 11.0. The van der Waals surface area contributed by atoms with Crippen LogP contribution in [0.4, 0.5) is 0 Å². The third-order valence-electron chi connectivity index (χ3n) is 19.6. The lowest BCUT2D eigenvalue weighted by atomic mass is 9.82. The standard InChI is InChI=1S/C85H56N6/c1-85(2)72-31-14-9-26-62(72)63-41-40-61(51-73(63)85)90-78-34-17-12-29-66(78)70-49-56(38-44-82(70)90)57-39-45-83-71(50-57)67-30-13-18-35-79(67)91(83)84-86-74(53-20-5-3-6-21-53)52-75(87-84)58-22-19-25-60(46-58)89-77-33-16-11-28-65(77)69-48-55(37-43-81(69)89)54-36-42-80-68(47-54)64-27-10-15-32-76(64)88(80)59-23-7-4-8-24-59/h3-52H,1-2H3. The van der Waals surface area contributed by atoms with Gasteiger partial charge in [0.1, 0.15) is 0 Å². The van der Waals surface area contributed by atoms with E-state index < -0.39 is 0 Å². The lowest BCUT2D eigenvalue weighted by Crippen LogP contribution is -2.15. The van der Waals surface area contributed by atoms with E-state index in [2.05, 4.69) is 335 Å². The van der Waals surface area contributed by atoms with Crippen LogP contribution in [0.25, 0.3) is 166 Å². The first-order valence-corrected chi connectivity index (χ1v) is 31.4. The van der Waals surface area contributed by atoms with Crippen molar-refractivity contribution >= 4 is 87.2 Å². The Morgan fingerprint density at radius 2 is 0.604 bits per heavy atom. The fraction of sp³-hybridized carbons (Fsp3) is 0.0353. The average molecular weight is 1160 g/mol. The zero-order chi connectivity index (χ0) is 60.1. The van der Waals surface area contributed by atoms with Crippen molar-refractivity contribution in [2.24, 2.45) is 0 Å². The second-order valence-corrected chi connectivity index (χ2v) is 24.9. The molecule has 1 aliphatic rings. The molecule has 0 spiro atoms. The molecule has 0 fully saturated rings. The summed E-state index contributed by atoms with van der Waals surface area (Å²) in [5.41, 5.74) is 26.2. The van der Waals surface area contributed by atoms with Gasteiger partial charge in [-0.05, 0) is 160 Å². The van der Waals surface area contributed by atoms with Gasteiger partial charge in [0.15, 0.2) is 0 Å². The van der Waals surface area contributed by atoms with Gasteiger partial charge in [-0.3, -0.25) is 4.57 Å². The molecule has 1 aliphatic carbocycles. The molecule has 0 aliphatic heterocycles. The van der Waals surface area contributed by atoms with E-state index >= 15 is 0 Å². The van der Waals surface area contributed by atoms with E-state index in [4.69, 9.17) is 9.97 Å². The summed E-state index contributed by atoms with van der Waals surface area (Å²) >= 11 is 0. The number of fused-ring (bicyclic) bond motifs is 15. The van der Waals surface area contributed by atoms with Crippen molar-refractivity contribution in [2.75, 3.05) is 0 Å². The van der Waals surface area contributed by atoms with Crippen LogP contribution in [0.2, 0.25) is 0 Å². The van der Waals surface area contributed by atoms with Gasteiger partial charge in [-0.2, -0.15) is 0 Å². The molecule has 6 nitrogen and oxygen atoms in total. The molecule has 5 aromatic heterocycles. The van der Waals surface area contributed by atoms with Crippen LogP contribution in [-0.4, -0.2) is 28.2 Å². The molecule has 91 heavy (non-hydrogen) atoms. The summed E-state index contributed by atoms with van der Waals surface area (Å²) in [6.45, 7) is 4.72. The summed E-state index contributed by atoms with van der Waals surface area (Å²) in [7, 11) is 0. The molecule has 0 amide bonds. The number of para-hydroxylation sites is 5. The van der Waals surface area contributed by atoms with Gasteiger partial charge in [-0.25, -0.2) is 9.97 Å². The van der Waals surface area contributed by atoms with Crippen LogP contribution < -0.4 is 0 Å². The fourth-order valence-corrected chi connectivity index (χ4v) is 15.3. The Bertz CT molecular complexity index is 6050. The van der Waals surface area contributed by atoms with Gasteiger partial charge < -0.3 is 13.7 Å². The normalized spacial score (nSPS) is 12.8. The molecule has 426 valence electrons. The van der Waals surface area contributed by atoms with Gasteiger partial charge in [0.05, 0.1) is 55.5 Å². The second-order valence-electron chi connectivity index (χ2n) is 24.9. The van der Waals surface area contributed by atoms with E-state index in [1.807, 2.05) is 0 Å². The minimum absolute atomic E-state index is 0.100. The summed E-state index contributed by atoms with van der Waals surface area (Å²) in [6, 6.07) is 111. The lowest BCUT2D eigenvalue weighted by Gasteiger charge is -2.22. The maximum Gasteiger partial charge on any atom is 0.235 e. The maximum atomic E-state index is 5.57. The van der Waals surface area contributed by atoms with E-state index in [9.17, 15) is 0 Å². The third kappa shape index (κ3) is 7.73. The summed E-state index contributed by atoms with van der Waals surface area (Å²) in [5, 5.41) is 9.61. The molecule has 0 saturated carbocycles. The predicted molar refractivity (Wildman–Crippen MR) is 379 cm³/mol. The minimum Gasteiger partial charge on any atom is -0.309 e. The largest absolute Gasteiger partial charge is 0.309 e. The summed E-state index contributed by atoms with van der Waals surface area (Å²) < 4.78 is 9.49. The Balaban J connectivity index is 0.714. The van der Waals surface area contributed by atoms with Crippen molar-refractivity contribution in [2.45, 2.75) is 19.3 Å². The molecule has 5 heterocycles. The van der Waals surface area contributed by atoms with Crippen LogP contribution in [0.5, 0.6) is 0 Å². The van der Waals surface area contributed by atoms with E-state index in [1.54, 1.807) is 0 Å². The van der Waals surface area contributed by atoms with Gasteiger partial charge >= 0.3 is 0 Å². The molecular formula is C85H56N6. The summed E-state index contributed by atoms with van der Waals surface area (Å²) in [6.07, 6.45) is 0. The molecule has 18 aromatic rings. The van der Waals surface area contributed by atoms with E-state index in [1.165, 1.54) is 93.5 Å². The monoisotopic (exact) mass is 1160 g/mol. The van der Waals surface area contributed by atoms with Crippen LogP contribution >= 0.6 is 0 Å². The van der Waals surface area contributed by atoms with Crippen molar-refractivity contribution in [1.82, 2.24) is 28.2 Å². The number of benzene rings is 13. The molecular weight excluding hydrogens is 1100 g/mol. The van der Waals surface area contributed by atoms with Crippen molar-refractivity contribution in [1.29, 1.82) is 0 Å². The molecule has 19 rings (SSSR count). The zero-order valence-electron chi connectivity index (χ0n) is 50.1. The Morgan fingerprint density at radius 1 is 0.231 bits per heavy atom. The molecule has 0 atom stereocenters. The fourth-order valence-electron chi connectivity index (χ4n) is 15.3. The van der Waals surface area contributed by atoms with Crippen molar-refractivity contribution in [3.8, 4) is 78.9 Å². The number of aromatic nitrogens is 6. The second kappa shape index (κ2) is 19.6. The van der Waals surface area contributed by atoms with Crippen LogP contribution in [0.1, 0.15) is 25.0 Å². The number of hydrogen-bond acceptors (Lipinski definition) is 2. The quantitative estimate of drug-likeness (QED) is 0.152. The summed E-state index contributed by atoms with van der Waals surface area (Å²) in [4.78, 5) is 11.0.